The number of hydrogen-bond donors (Lipinski definition) is 1. The van der Waals surface area contributed by atoms with Gasteiger partial charge in [0.15, 0.2) is 0 Å². The molecule has 1 amide bonds. The molecule has 0 aliphatic carbocycles. The van der Waals surface area contributed by atoms with Gasteiger partial charge in [-0.1, -0.05) is 0 Å². The van der Waals surface area contributed by atoms with Crippen molar-refractivity contribution >= 4 is 5.91 Å². The first-order chi connectivity index (χ1) is 4.77. The standard InChI is InChI=1S/C7H9NO2/c9-6-2-1-5-3-7(10)8(5)4-6/h4-5,9H,1-3H2/t5-/m1/s1. The molecule has 0 aromatic heterocycles. The Morgan fingerprint density at radius 3 is 3.10 bits per heavy atom. The molecule has 1 fully saturated rings. The largest absolute Gasteiger partial charge is 0.511 e. The van der Waals surface area contributed by atoms with E-state index in [2.05, 4.69) is 0 Å². The summed E-state index contributed by atoms with van der Waals surface area (Å²) < 4.78 is 0. The van der Waals surface area contributed by atoms with Gasteiger partial charge in [-0.2, -0.15) is 0 Å². The van der Waals surface area contributed by atoms with Crippen molar-refractivity contribution in [1.29, 1.82) is 0 Å². The van der Waals surface area contributed by atoms with Crippen LogP contribution in [0, 0.1) is 0 Å². The second-order valence-electron chi connectivity index (χ2n) is 2.82. The van der Waals surface area contributed by atoms with Gasteiger partial charge in [-0.05, 0) is 6.42 Å². The summed E-state index contributed by atoms with van der Waals surface area (Å²) >= 11 is 0. The molecule has 3 nitrogen and oxygen atoms in total. The summed E-state index contributed by atoms with van der Waals surface area (Å²) in [6.07, 6.45) is 3.88. The van der Waals surface area contributed by atoms with Crippen molar-refractivity contribution in [2.75, 3.05) is 0 Å². The Labute approximate surface area is 58.9 Å². The first-order valence-corrected chi connectivity index (χ1v) is 3.48. The molecule has 0 unspecified atom stereocenters. The Kier molecular flexibility index (Phi) is 1.01. The first kappa shape index (κ1) is 5.77. The molecule has 1 N–H and O–H groups in total. The summed E-state index contributed by atoms with van der Waals surface area (Å²) in [6.45, 7) is 0. The fourth-order valence-electron chi connectivity index (χ4n) is 1.45. The highest BCUT2D eigenvalue weighted by molar-refractivity contribution is 5.84. The Bertz CT molecular complexity index is 210. The lowest BCUT2D eigenvalue weighted by Crippen LogP contribution is -2.50. The van der Waals surface area contributed by atoms with Gasteiger partial charge in [0, 0.05) is 25.1 Å². The molecule has 0 radical (unpaired) electrons. The molecule has 2 aliphatic heterocycles. The zero-order valence-electron chi connectivity index (χ0n) is 5.58. The van der Waals surface area contributed by atoms with Gasteiger partial charge < -0.3 is 10.0 Å². The van der Waals surface area contributed by atoms with Crippen LogP contribution >= 0.6 is 0 Å². The van der Waals surface area contributed by atoms with E-state index in [4.69, 9.17) is 5.11 Å². The molecule has 0 saturated carbocycles. The fourth-order valence-corrected chi connectivity index (χ4v) is 1.45. The Balaban J connectivity index is 2.18. The monoisotopic (exact) mass is 139 g/mol. The number of β-lactam (4-membered cyclic amide) rings is 1. The lowest BCUT2D eigenvalue weighted by molar-refractivity contribution is -0.142. The van der Waals surface area contributed by atoms with E-state index in [9.17, 15) is 4.79 Å². The van der Waals surface area contributed by atoms with Gasteiger partial charge in [-0.3, -0.25) is 4.79 Å². The molecule has 0 bridgehead atoms. The van der Waals surface area contributed by atoms with Crippen molar-refractivity contribution in [3.63, 3.8) is 0 Å². The normalized spacial score (nSPS) is 30.8. The predicted octanol–water partition coefficient (Wildman–Crippen LogP) is 0.780. The molecular weight excluding hydrogens is 130 g/mol. The number of aliphatic hydroxyl groups is 1. The van der Waals surface area contributed by atoms with Crippen molar-refractivity contribution in [2.45, 2.75) is 25.3 Å². The lowest BCUT2D eigenvalue weighted by Gasteiger charge is -2.40. The summed E-state index contributed by atoms with van der Waals surface area (Å²) in [5.74, 6) is 0.473. The number of carbonyl (C=O) groups excluding carboxylic acids is 1. The maximum absolute atomic E-state index is 10.8. The van der Waals surface area contributed by atoms with Gasteiger partial charge in [-0.15, -0.1) is 0 Å². The minimum absolute atomic E-state index is 0.135. The number of nitrogens with zero attached hydrogens (tertiary/aromatic N) is 1. The van der Waals surface area contributed by atoms with E-state index in [0.717, 1.165) is 12.8 Å². The third kappa shape index (κ3) is 0.632. The number of rotatable bonds is 0. The van der Waals surface area contributed by atoms with E-state index < -0.39 is 0 Å². The number of fused-ring (bicyclic) bond motifs is 1. The highest BCUT2D eigenvalue weighted by Crippen LogP contribution is 2.29. The smallest absolute Gasteiger partial charge is 0.228 e. The molecular formula is C7H9NO2. The summed E-state index contributed by atoms with van der Waals surface area (Å²) in [4.78, 5) is 12.4. The van der Waals surface area contributed by atoms with Crippen molar-refractivity contribution < 1.29 is 9.90 Å². The van der Waals surface area contributed by atoms with Crippen LogP contribution in [-0.4, -0.2) is 22.0 Å². The maximum atomic E-state index is 10.8. The minimum atomic E-state index is 0.135. The van der Waals surface area contributed by atoms with Crippen LogP contribution in [0.3, 0.4) is 0 Å². The second-order valence-corrected chi connectivity index (χ2v) is 2.82. The zero-order valence-corrected chi connectivity index (χ0v) is 5.58. The van der Waals surface area contributed by atoms with E-state index in [-0.39, 0.29) is 5.91 Å². The Hall–Kier alpha value is -0.990. The molecule has 2 heterocycles. The molecule has 0 spiro atoms. The Morgan fingerprint density at radius 2 is 2.50 bits per heavy atom. The summed E-state index contributed by atoms with van der Waals surface area (Å²) in [5.41, 5.74) is 0. The van der Waals surface area contributed by atoms with E-state index in [0.29, 0.717) is 18.2 Å². The average Bonchev–Trinajstić information content (AvgIpc) is 1.92. The Morgan fingerprint density at radius 1 is 1.70 bits per heavy atom. The fraction of sp³-hybridized carbons (Fsp3) is 0.571. The molecule has 54 valence electrons. The van der Waals surface area contributed by atoms with Crippen molar-refractivity contribution in [1.82, 2.24) is 4.90 Å². The van der Waals surface area contributed by atoms with E-state index >= 15 is 0 Å². The molecule has 0 aromatic rings. The lowest BCUT2D eigenvalue weighted by atomic mass is 9.94. The van der Waals surface area contributed by atoms with Gasteiger partial charge in [0.1, 0.15) is 5.76 Å². The van der Waals surface area contributed by atoms with Crippen LogP contribution in [-0.2, 0) is 4.79 Å². The van der Waals surface area contributed by atoms with Gasteiger partial charge in [-0.25, -0.2) is 0 Å². The maximum Gasteiger partial charge on any atom is 0.228 e. The van der Waals surface area contributed by atoms with Crippen LogP contribution in [0.1, 0.15) is 19.3 Å². The number of carbonyl (C=O) groups is 1. The topological polar surface area (TPSA) is 40.5 Å². The number of hydrogen-bond acceptors (Lipinski definition) is 2. The average molecular weight is 139 g/mol. The van der Waals surface area contributed by atoms with Gasteiger partial charge >= 0.3 is 0 Å². The highest BCUT2D eigenvalue weighted by Gasteiger charge is 2.36. The quantitative estimate of drug-likeness (QED) is 0.504. The van der Waals surface area contributed by atoms with Gasteiger partial charge in [0.25, 0.3) is 0 Å². The summed E-state index contributed by atoms with van der Waals surface area (Å²) in [7, 11) is 0. The SMILES string of the molecule is O=C1C[C@H]2CCC(O)=CN12. The first-order valence-electron chi connectivity index (χ1n) is 3.48. The van der Waals surface area contributed by atoms with Crippen LogP contribution in [0.4, 0.5) is 0 Å². The van der Waals surface area contributed by atoms with Crippen LogP contribution in [0.25, 0.3) is 0 Å². The zero-order chi connectivity index (χ0) is 7.14. The van der Waals surface area contributed by atoms with Crippen molar-refractivity contribution in [3.05, 3.63) is 12.0 Å². The summed E-state index contributed by atoms with van der Waals surface area (Å²) in [5, 5.41) is 9.02. The predicted molar refractivity (Wildman–Crippen MR) is 35.2 cm³/mol. The van der Waals surface area contributed by atoms with Gasteiger partial charge in [0.05, 0.1) is 0 Å². The molecule has 3 heteroatoms. The third-order valence-corrected chi connectivity index (χ3v) is 2.11. The number of aliphatic hydroxyl groups excluding tert-OH is 1. The molecule has 1 saturated heterocycles. The van der Waals surface area contributed by atoms with Crippen LogP contribution in [0.5, 0.6) is 0 Å². The van der Waals surface area contributed by atoms with Crippen molar-refractivity contribution in [2.24, 2.45) is 0 Å². The molecule has 0 aromatic carbocycles. The molecule has 2 rings (SSSR count). The van der Waals surface area contributed by atoms with Crippen molar-refractivity contribution in [3.8, 4) is 0 Å². The van der Waals surface area contributed by atoms with E-state index in [1.807, 2.05) is 0 Å². The summed E-state index contributed by atoms with van der Waals surface area (Å²) in [6, 6.07) is 0.392. The van der Waals surface area contributed by atoms with Crippen LogP contribution < -0.4 is 0 Å². The van der Waals surface area contributed by atoms with Crippen LogP contribution in [0.15, 0.2) is 12.0 Å². The third-order valence-electron chi connectivity index (χ3n) is 2.11. The molecule has 10 heavy (non-hydrogen) atoms. The van der Waals surface area contributed by atoms with E-state index in [1.54, 1.807) is 11.1 Å². The molecule has 2 aliphatic rings. The second kappa shape index (κ2) is 1.75. The molecule has 1 atom stereocenters. The highest BCUT2D eigenvalue weighted by atomic mass is 16.3. The number of allylic oxidation sites excluding steroid dienone is 1. The number of amides is 1. The minimum Gasteiger partial charge on any atom is -0.511 e. The van der Waals surface area contributed by atoms with Gasteiger partial charge in [0.2, 0.25) is 5.91 Å². The van der Waals surface area contributed by atoms with E-state index in [1.165, 1.54) is 0 Å². The van der Waals surface area contributed by atoms with Crippen LogP contribution in [0.2, 0.25) is 0 Å².